The van der Waals surface area contributed by atoms with Gasteiger partial charge in [-0.15, -0.1) is 0 Å². The van der Waals surface area contributed by atoms with Crippen LogP contribution in [-0.2, 0) is 21.1 Å². The van der Waals surface area contributed by atoms with E-state index in [1.54, 1.807) is 20.8 Å². The molecule has 1 atom stereocenters. The first-order valence-electron chi connectivity index (χ1n) is 9.28. The molecule has 32 heavy (non-hydrogen) atoms. The molecule has 5 nitrogen and oxygen atoms in total. The summed E-state index contributed by atoms with van der Waals surface area (Å²) in [5.74, 6) is -3.74. The first kappa shape index (κ1) is 25.6. The van der Waals surface area contributed by atoms with Gasteiger partial charge in [-0.2, -0.15) is 13.2 Å². The summed E-state index contributed by atoms with van der Waals surface area (Å²) in [7, 11) is -5.69. The van der Waals surface area contributed by atoms with Crippen molar-refractivity contribution in [2.75, 3.05) is 0 Å². The number of hydrogen-bond donors (Lipinski definition) is 2. The topological polar surface area (TPSA) is 83.5 Å². The van der Waals surface area contributed by atoms with Gasteiger partial charge in [-0.05, 0) is 35.6 Å². The average Bonchev–Trinajstić information content (AvgIpc) is 2.60. The fraction of sp³-hybridized carbons (Fsp3) is 0.381. The standard InChI is InChI=1S/C21H22F5NO4S/c1-19(2,3)20(4,27-18(28)29)15-9-8-12(10-17(15)23)13-6-5-7-16(22)14(13)11-32(30,31)21(24,25)26/h5-10,27H,11H2,1-4H3,(H,28,29). The Morgan fingerprint density at radius 1 is 1.00 bits per heavy atom. The van der Waals surface area contributed by atoms with Crippen molar-refractivity contribution in [2.24, 2.45) is 5.41 Å². The van der Waals surface area contributed by atoms with Gasteiger partial charge in [0.05, 0.1) is 11.3 Å². The normalized spacial score (nSPS) is 14.7. The first-order valence-corrected chi connectivity index (χ1v) is 10.9. The molecule has 0 spiro atoms. The Hall–Kier alpha value is -2.69. The number of hydrogen-bond acceptors (Lipinski definition) is 3. The van der Waals surface area contributed by atoms with E-state index in [1.165, 1.54) is 25.1 Å². The van der Waals surface area contributed by atoms with Crippen molar-refractivity contribution < 1.29 is 40.3 Å². The summed E-state index contributed by atoms with van der Waals surface area (Å²) in [5, 5.41) is 11.5. The van der Waals surface area contributed by atoms with E-state index in [9.17, 15) is 35.9 Å². The van der Waals surface area contributed by atoms with Crippen molar-refractivity contribution in [3.8, 4) is 11.1 Å². The number of carbonyl (C=O) groups is 1. The van der Waals surface area contributed by atoms with Gasteiger partial charge in [-0.1, -0.05) is 45.0 Å². The van der Waals surface area contributed by atoms with Crippen LogP contribution in [0.2, 0.25) is 0 Å². The molecule has 0 fully saturated rings. The van der Waals surface area contributed by atoms with Crippen molar-refractivity contribution >= 4 is 15.9 Å². The quantitative estimate of drug-likeness (QED) is 0.548. The zero-order valence-electron chi connectivity index (χ0n) is 17.6. The maximum atomic E-state index is 15.1. The lowest BCUT2D eigenvalue weighted by atomic mass is 9.70. The molecule has 0 aliphatic heterocycles. The van der Waals surface area contributed by atoms with Gasteiger partial charge in [-0.3, -0.25) is 0 Å². The summed E-state index contributed by atoms with van der Waals surface area (Å²) >= 11 is 0. The molecule has 176 valence electrons. The predicted molar refractivity (Wildman–Crippen MR) is 108 cm³/mol. The van der Waals surface area contributed by atoms with E-state index < -0.39 is 55.3 Å². The van der Waals surface area contributed by atoms with Crippen LogP contribution >= 0.6 is 0 Å². The third kappa shape index (κ3) is 4.87. The average molecular weight is 479 g/mol. The van der Waals surface area contributed by atoms with Crippen LogP contribution in [0.4, 0.5) is 26.7 Å². The number of benzene rings is 2. The van der Waals surface area contributed by atoms with Gasteiger partial charge in [0.25, 0.3) is 9.84 Å². The minimum atomic E-state index is -5.69. The Labute approximate surface area is 182 Å². The van der Waals surface area contributed by atoms with Gasteiger partial charge in [0, 0.05) is 11.1 Å². The molecule has 2 aromatic rings. The van der Waals surface area contributed by atoms with Crippen LogP contribution < -0.4 is 5.32 Å². The molecular weight excluding hydrogens is 457 g/mol. The molecule has 2 rings (SSSR count). The van der Waals surface area contributed by atoms with Crippen molar-refractivity contribution in [2.45, 2.75) is 44.5 Å². The Balaban J connectivity index is 2.65. The van der Waals surface area contributed by atoms with Crippen molar-refractivity contribution in [3.63, 3.8) is 0 Å². The Kier molecular flexibility index (Phi) is 6.67. The molecule has 2 N–H and O–H groups in total. The number of carboxylic acid groups (broad SMARTS) is 1. The second kappa shape index (κ2) is 8.34. The van der Waals surface area contributed by atoms with E-state index >= 15 is 4.39 Å². The fourth-order valence-electron chi connectivity index (χ4n) is 3.21. The fourth-order valence-corrected chi connectivity index (χ4v) is 4.05. The molecule has 0 saturated heterocycles. The number of nitrogens with one attached hydrogen (secondary N) is 1. The molecule has 0 bridgehead atoms. The predicted octanol–water partition coefficient (Wildman–Crippen LogP) is 5.60. The molecule has 2 aromatic carbocycles. The number of amides is 1. The summed E-state index contributed by atoms with van der Waals surface area (Å²) in [4.78, 5) is 11.3. The highest BCUT2D eigenvalue weighted by atomic mass is 32.2. The third-order valence-corrected chi connectivity index (χ3v) is 6.86. The van der Waals surface area contributed by atoms with Crippen LogP contribution in [0.25, 0.3) is 11.1 Å². The third-order valence-electron chi connectivity index (χ3n) is 5.48. The van der Waals surface area contributed by atoms with Gasteiger partial charge < -0.3 is 10.4 Å². The highest BCUT2D eigenvalue weighted by Gasteiger charge is 2.46. The van der Waals surface area contributed by atoms with E-state index in [2.05, 4.69) is 5.32 Å². The molecule has 0 aliphatic carbocycles. The Bertz CT molecular complexity index is 1140. The zero-order chi connectivity index (χ0) is 24.7. The van der Waals surface area contributed by atoms with Gasteiger partial charge in [0.2, 0.25) is 0 Å². The molecule has 11 heteroatoms. The van der Waals surface area contributed by atoms with Gasteiger partial charge in [0.15, 0.2) is 0 Å². The van der Waals surface area contributed by atoms with Crippen LogP contribution in [0, 0.1) is 17.0 Å². The summed E-state index contributed by atoms with van der Waals surface area (Å²) in [6.45, 7) is 6.53. The number of rotatable bonds is 5. The second-order valence-corrected chi connectivity index (χ2v) is 10.5. The van der Waals surface area contributed by atoms with Crippen molar-refractivity contribution in [1.82, 2.24) is 5.32 Å². The molecule has 0 radical (unpaired) electrons. The summed E-state index contributed by atoms with van der Waals surface area (Å²) in [6.07, 6.45) is -1.39. The van der Waals surface area contributed by atoms with E-state index in [0.717, 1.165) is 18.2 Å². The van der Waals surface area contributed by atoms with E-state index in [-0.39, 0.29) is 16.7 Å². The molecule has 0 saturated carbocycles. The summed E-state index contributed by atoms with van der Waals surface area (Å²) in [5.41, 5.74) is -8.86. The first-order chi connectivity index (χ1) is 14.4. The molecule has 1 amide bonds. The number of halogens is 5. The van der Waals surface area contributed by atoms with Crippen LogP contribution in [0.15, 0.2) is 36.4 Å². The lowest BCUT2D eigenvalue weighted by Crippen LogP contribution is -2.52. The van der Waals surface area contributed by atoms with Gasteiger partial charge in [0.1, 0.15) is 11.6 Å². The minimum absolute atomic E-state index is 0.0444. The molecule has 1 unspecified atom stereocenters. The maximum absolute atomic E-state index is 15.1. The summed E-state index contributed by atoms with van der Waals surface area (Å²) in [6, 6.07) is 6.55. The SMILES string of the molecule is CC(C)(C)C(C)(NC(=O)O)c1ccc(-c2cccc(F)c2CS(=O)(=O)C(F)(F)F)cc1F. The highest BCUT2D eigenvalue weighted by molar-refractivity contribution is 7.91. The second-order valence-electron chi connectivity index (χ2n) is 8.47. The molecule has 0 aromatic heterocycles. The monoisotopic (exact) mass is 479 g/mol. The van der Waals surface area contributed by atoms with Crippen molar-refractivity contribution in [1.29, 1.82) is 0 Å². The molecular formula is C21H22F5NO4S. The van der Waals surface area contributed by atoms with Crippen LogP contribution in [-0.4, -0.2) is 25.1 Å². The van der Waals surface area contributed by atoms with Gasteiger partial charge >= 0.3 is 11.6 Å². The largest absolute Gasteiger partial charge is 0.497 e. The van der Waals surface area contributed by atoms with Crippen LogP contribution in [0.3, 0.4) is 0 Å². The van der Waals surface area contributed by atoms with Crippen LogP contribution in [0.1, 0.15) is 38.8 Å². The lowest BCUT2D eigenvalue weighted by Gasteiger charge is -2.42. The van der Waals surface area contributed by atoms with Crippen molar-refractivity contribution in [3.05, 3.63) is 59.2 Å². The summed E-state index contributed by atoms with van der Waals surface area (Å²) < 4.78 is 91.1. The van der Waals surface area contributed by atoms with E-state index in [0.29, 0.717) is 0 Å². The van der Waals surface area contributed by atoms with E-state index in [1.807, 2.05) is 0 Å². The molecule has 0 aliphatic rings. The smallest absolute Gasteiger partial charge is 0.465 e. The molecule has 0 heterocycles. The number of alkyl halides is 3. The maximum Gasteiger partial charge on any atom is 0.497 e. The number of sulfone groups is 1. The Morgan fingerprint density at radius 2 is 1.59 bits per heavy atom. The van der Waals surface area contributed by atoms with Crippen LogP contribution in [0.5, 0.6) is 0 Å². The minimum Gasteiger partial charge on any atom is -0.465 e. The lowest BCUT2D eigenvalue weighted by molar-refractivity contribution is -0.0437. The van der Waals surface area contributed by atoms with E-state index in [4.69, 9.17) is 0 Å². The highest BCUT2D eigenvalue weighted by Crippen LogP contribution is 2.41. The zero-order valence-corrected chi connectivity index (χ0v) is 18.5. The Morgan fingerprint density at radius 3 is 2.06 bits per heavy atom. The van der Waals surface area contributed by atoms with Gasteiger partial charge in [-0.25, -0.2) is 22.0 Å².